The minimum absolute atomic E-state index is 0.00974. The molecule has 1 aromatic carbocycles. The summed E-state index contributed by atoms with van der Waals surface area (Å²) < 4.78 is 0. The SMILES string of the molecule is Cc1cc([N+](=O)[O-])ccc1NC(=O)CN1CCC(O)CC1. The van der Waals surface area contributed by atoms with Crippen LogP contribution in [0.15, 0.2) is 18.2 Å². The van der Waals surface area contributed by atoms with E-state index in [-0.39, 0.29) is 24.2 Å². The summed E-state index contributed by atoms with van der Waals surface area (Å²) >= 11 is 0. The molecule has 2 rings (SSSR count). The van der Waals surface area contributed by atoms with Gasteiger partial charge < -0.3 is 10.4 Å². The normalized spacial score (nSPS) is 16.7. The Bertz CT molecular complexity index is 539. The van der Waals surface area contributed by atoms with Crippen molar-refractivity contribution >= 4 is 17.3 Å². The predicted molar refractivity (Wildman–Crippen MR) is 78.1 cm³/mol. The Morgan fingerprint density at radius 3 is 2.71 bits per heavy atom. The highest BCUT2D eigenvalue weighted by Gasteiger charge is 2.19. The molecule has 1 aliphatic heterocycles. The van der Waals surface area contributed by atoms with Crippen molar-refractivity contribution in [2.45, 2.75) is 25.9 Å². The molecule has 1 heterocycles. The van der Waals surface area contributed by atoms with Crippen LogP contribution in [0.1, 0.15) is 18.4 Å². The van der Waals surface area contributed by atoms with Crippen molar-refractivity contribution in [2.75, 3.05) is 25.0 Å². The maximum Gasteiger partial charge on any atom is 0.269 e. The Balaban J connectivity index is 1.92. The molecule has 1 aromatic rings. The van der Waals surface area contributed by atoms with Crippen molar-refractivity contribution < 1.29 is 14.8 Å². The van der Waals surface area contributed by atoms with E-state index in [4.69, 9.17) is 0 Å². The van der Waals surface area contributed by atoms with E-state index in [0.717, 1.165) is 0 Å². The average molecular weight is 293 g/mol. The number of nitro benzene ring substituents is 1. The molecule has 0 radical (unpaired) electrons. The number of nitro groups is 1. The minimum Gasteiger partial charge on any atom is -0.393 e. The van der Waals surface area contributed by atoms with E-state index < -0.39 is 4.92 Å². The van der Waals surface area contributed by atoms with E-state index in [2.05, 4.69) is 5.32 Å². The van der Waals surface area contributed by atoms with Gasteiger partial charge >= 0.3 is 0 Å². The van der Waals surface area contributed by atoms with E-state index in [1.807, 2.05) is 4.90 Å². The topological polar surface area (TPSA) is 95.7 Å². The van der Waals surface area contributed by atoms with Crippen LogP contribution in [0.3, 0.4) is 0 Å². The molecule has 114 valence electrons. The number of carbonyl (C=O) groups is 1. The third-order valence-corrected chi connectivity index (χ3v) is 3.62. The number of nitrogens with zero attached hydrogens (tertiary/aromatic N) is 2. The molecule has 1 amide bonds. The Morgan fingerprint density at radius 2 is 2.14 bits per heavy atom. The number of benzene rings is 1. The van der Waals surface area contributed by atoms with E-state index >= 15 is 0 Å². The van der Waals surface area contributed by atoms with Crippen LogP contribution in [0, 0.1) is 17.0 Å². The summed E-state index contributed by atoms with van der Waals surface area (Å²) in [4.78, 5) is 24.2. The van der Waals surface area contributed by atoms with Gasteiger partial charge in [-0.25, -0.2) is 0 Å². The summed E-state index contributed by atoms with van der Waals surface area (Å²) in [6, 6.07) is 4.36. The number of rotatable bonds is 4. The molecule has 0 saturated carbocycles. The average Bonchev–Trinajstić information content (AvgIpc) is 2.43. The number of likely N-dealkylation sites (tertiary alicyclic amines) is 1. The zero-order valence-electron chi connectivity index (χ0n) is 11.9. The molecule has 2 N–H and O–H groups in total. The Morgan fingerprint density at radius 1 is 1.48 bits per heavy atom. The fourth-order valence-corrected chi connectivity index (χ4v) is 2.37. The number of anilines is 1. The highest BCUT2D eigenvalue weighted by atomic mass is 16.6. The van der Waals surface area contributed by atoms with E-state index in [1.54, 1.807) is 13.0 Å². The van der Waals surface area contributed by atoms with Gasteiger partial charge in [-0.05, 0) is 31.4 Å². The first-order valence-corrected chi connectivity index (χ1v) is 6.91. The molecule has 7 nitrogen and oxygen atoms in total. The predicted octanol–water partition coefficient (Wildman–Crippen LogP) is 1.30. The molecule has 0 aromatic heterocycles. The van der Waals surface area contributed by atoms with Gasteiger partial charge in [0.2, 0.25) is 5.91 Å². The van der Waals surface area contributed by atoms with Gasteiger partial charge in [-0.1, -0.05) is 0 Å². The van der Waals surface area contributed by atoms with Gasteiger partial charge in [0.25, 0.3) is 5.69 Å². The van der Waals surface area contributed by atoms with Gasteiger partial charge in [0.15, 0.2) is 0 Å². The highest BCUT2D eigenvalue weighted by Crippen LogP contribution is 2.21. The van der Waals surface area contributed by atoms with Crippen LogP contribution in [0.25, 0.3) is 0 Å². The summed E-state index contributed by atoms with van der Waals surface area (Å²) in [5.74, 6) is -0.150. The van der Waals surface area contributed by atoms with Gasteiger partial charge in [-0.3, -0.25) is 19.8 Å². The summed E-state index contributed by atoms with van der Waals surface area (Å²) in [6.07, 6.45) is 1.11. The maximum atomic E-state index is 12.0. The van der Waals surface area contributed by atoms with Crippen molar-refractivity contribution in [3.63, 3.8) is 0 Å². The Hall–Kier alpha value is -1.99. The van der Waals surface area contributed by atoms with Crippen LogP contribution in [0.4, 0.5) is 11.4 Å². The summed E-state index contributed by atoms with van der Waals surface area (Å²) in [5.41, 5.74) is 1.25. The van der Waals surface area contributed by atoms with Gasteiger partial charge in [-0.15, -0.1) is 0 Å². The first kappa shape index (κ1) is 15.4. The fourth-order valence-electron chi connectivity index (χ4n) is 2.37. The molecule has 21 heavy (non-hydrogen) atoms. The largest absolute Gasteiger partial charge is 0.393 e. The monoisotopic (exact) mass is 293 g/mol. The van der Waals surface area contributed by atoms with Crippen molar-refractivity contribution in [2.24, 2.45) is 0 Å². The van der Waals surface area contributed by atoms with E-state index in [0.29, 0.717) is 37.2 Å². The number of nitrogens with one attached hydrogen (secondary N) is 1. The summed E-state index contributed by atoms with van der Waals surface area (Å²) in [5, 5.41) is 22.9. The molecule has 0 bridgehead atoms. The molecule has 1 saturated heterocycles. The second-order valence-electron chi connectivity index (χ2n) is 5.31. The van der Waals surface area contributed by atoms with Crippen molar-refractivity contribution in [1.82, 2.24) is 4.90 Å². The van der Waals surface area contributed by atoms with Crippen LogP contribution in [-0.2, 0) is 4.79 Å². The quantitative estimate of drug-likeness (QED) is 0.644. The third kappa shape index (κ3) is 4.24. The van der Waals surface area contributed by atoms with Crippen molar-refractivity contribution in [1.29, 1.82) is 0 Å². The number of aryl methyl sites for hydroxylation is 1. The number of carbonyl (C=O) groups excluding carboxylic acids is 1. The van der Waals surface area contributed by atoms with Crippen molar-refractivity contribution in [3.8, 4) is 0 Å². The van der Waals surface area contributed by atoms with Crippen LogP contribution >= 0.6 is 0 Å². The zero-order valence-corrected chi connectivity index (χ0v) is 11.9. The minimum atomic E-state index is -0.461. The molecule has 0 spiro atoms. The molecule has 0 unspecified atom stereocenters. The fraction of sp³-hybridized carbons (Fsp3) is 0.500. The first-order valence-electron chi connectivity index (χ1n) is 6.91. The summed E-state index contributed by atoms with van der Waals surface area (Å²) in [6.45, 7) is 3.39. The Labute approximate surface area is 122 Å². The molecule has 0 aliphatic carbocycles. The van der Waals surface area contributed by atoms with Crippen LogP contribution < -0.4 is 5.32 Å². The molecular formula is C14H19N3O4. The van der Waals surface area contributed by atoms with Crippen LogP contribution in [0.5, 0.6) is 0 Å². The van der Waals surface area contributed by atoms with Crippen LogP contribution in [0.2, 0.25) is 0 Å². The molecule has 1 aliphatic rings. The first-order chi connectivity index (χ1) is 9.95. The molecule has 1 fully saturated rings. The number of hydrogen-bond acceptors (Lipinski definition) is 5. The number of non-ortho nitro benzene ring substituents is 1. The molecule has 7 heteroatoms. The molecular weight excluding hydrogens is 274 g/mol. The molecule has 0 atom stereocenters. The lowest BCUT2D eigenvalue weighted by molar-refractivity contribution is -0.384. The number of aliphatic hydroxyl groups excluding tert-OH is 1. The number of piperidine rings is 1. The second kappa shape index (κ2) is 6.64. The maximum absolute atomic E-state index is 12.0. The third-order valence-electron chi connectivity index (χ3n) is 3.62. The van der Waals surface area contributed by atoms with E-state index in [9.17, 15) is 20.0 Å². The second-order valence-corrected chi connectivity index (χ2v) is 5.31. The number of amides is 1. The smallest absolute Gasteiger partial charge is 0.269 e. The van der Waals surface area contributed by atoms with Gasteiger partial charge in [0, 0.05) is 30.9 Å². The Kier molecular flexibility index (Phi) is 4.87. The van der Waals surface area contributed by atoms with Gasteiger partial charge in [0.05, 0.1) is 17.6 Å². The van der Waals surface area contributed by atoms with E-state index in [1.165, 1.54) is 12.1 Å². The number of hydrogen-bond donors (Lipinski definition) is 2. The number of aliphatic hydroxyl groups is 1. The van der Waals surface area contributed by atoms with Gasteiger partial charge in [0.1, 0.15) is 0 Å². The van der Waals surface area contributed by atoms with Crippen LogP contribution in [-0.4, -0.2) is 46.6 Å². The standard InChI is InChI=1S/C14H19N3O4/c1-10-8-11(17(20)21)2-3-13(10)15-14(19)9-16-6-4-12(18)5-7-16/h2-3,8,12,18H,4-7,9H2,1H3,(H,15,19). The highest BCUT2D eigenvalue weighted by molar-refractivity contribution is 5.93. The van der Waals surface area contributed by atoms with Gasteiger partial charge in [-0.2, -0.15) is 0 Å². The summed E-state index contributed by atoms with van der Waals surface area (Å²) in [7, 11) is 0. The lowest BCUT2D eigenvalue weighted by Gasteiger charge is -2.28. The lowest BCUT2D eigenvalue weighted by Crippen LogP contribution is -2.40. The van der Waals surface area contributed by atoms with Crippen molar-refractivity contribution in [3.05, 3.63) is 33.9 Å². The zero-order chi connectivity index (χ0) is 15.4. The lowest BCUT2D eigenvalue weighted by atomic mass is 10.1.